The van der Waals surface area contributed by atoms with Gasteiger partial charge in [0.2, 0.25) is 0 Å². The smallest absolute Gasteiger partial charge is 0.148 e. The van der Waals surface area contributed by atoms with Crippen LogP contribution in [0.1, 0.15) is 18.6 Å². The van der Waals surface area contributed by atoms with Crippen molar-refractivity contribution in [1.82, 2.24) is 0 Å². The lowest BCUT2D eigenvalue weighted by molar-refractivity contribution is -0.119. The van der Waals surface area contributed by atoms with Crippen LogP contribution in [0.4, 0.5) is 0 Å². The lowest BCUT2D eigenvalue weighted by atomic mass is 10.1. The van der Waals surface area contributed by atoms with Crippen molar-refractivity contribution in [3.8, 4) is 0 Å². The molecule has 0 saturated carbocycles. The van der Waals surface area contributed by atoms with Gasteiger partial charge in [-0.2, -0.15) is 0 Å². The van der Waals surface area contributed by atoms with Gasteiger partial charge >= 0.3 is 0 Å². The fourth-order valence-electron chi connectivity index (χ4n) is 1.04. The predicted molar refractivity (Wildman–Crippen MR) is 51.2 cm³/mol. The summed E-state index contributed by atoms with van der Waals surface area (Å²) in [6.45, 7) is 5.52. The van der Waals surface area contributed by atoms with Crippen molar-refractivity contribution >= 4 is 6.29 Å². The van der Waals surface area contributed by atoms with Crippen molar-refractivity contribution in [2.24, 2.45) is 0 Å². The molecule has 1 rings (SSSR count). The second-order valence-electron chi connectivity index (χ2n) is 2.88. The van der Waals surface area contributed by atoms with Crippen LogP contribution in [-0.2, 0) is 9.53 Å². The summed E-state index contributed by atoms with van der Waals surface area (Å²) >= 11 is 0. The van der Waals surface area contributed by atoms with E-state index in [-0.39, 0.29) is 6.10 Å². The molecule has 2 heteroatoms. The molecule has 13 heavy (non-hydrogen) atoms. The maximum absolute atomic E-state index is 10.3. The average Bonchev–Trinajstić information content (AvgIpc) is 2.19. The number of hydrogen-bond donors (Lipinski definition) is 0. The van der Waals surface area contributed by atoms with Crippen molar-refractivity contribution in [2.75, 3.05) is 0 Å². The third-order valence-corrected chi connectivity index (χ3v) is 1.74. The first-order valence-corrected chi connectivity index (χ1v) is 4.23. The van der Waals surface area contributed by atoms with Gasteiger partial charge in [-0.15, -0.1) is 0 Å². The van der Waals surface area contributed by atoms with Crippen LogP contribution < -0.4 is 0 Å². The Bertz CT molecular complexity index is 256. The summed E-state index contributed by atoms with van der Waals surface area (Å²) in [6.07, 6.45) is 0.0882. The molecule has 2 atom stereocenters. The lowest BCUT2D eigenvalue weighted by Gasteiger charge is -2.14. The largest absolute Gasteiger partial charge is 0.363 e. The topological polar surface area (TPSA) is 26.3 Å². The molecule has 0 aromatic heterocycles. The van der Waals surface area contributed by atoms with Crippen molar-refractivity contribution in [3.05, 3.63) is 42.8 Å². The highest BCUT2D eigenvalue weighted by Gasteiger charge is 2.08. The molecule has 0 heterocycles. The Morgan fingerprint density at radius 3 is 2.54 bits per heavy atom. The van der Waals surface area contributed by atoms with E-state index in [1.807, 2.05) is 30.3 Å². The van der Waals surface area contributed by atoms with Crippen LogP contribution in [0.25, 0.3) is 0 Å². The van der Waals surface area contributed by atoms with Gasteiger partial charge in [0.05, 0.1) is 6.10 Å². The van der Waals surface area contributed by atoms with Crippen LogP contribution in [0.15, 0.2) is 30.3 Å². The molecule has 0 amide bonds. The third kappa shape index (κ3) is 2.99. The molecule has 0 spiro atoms. The highest BCUT2D eigenvalue weighted by Crippen LogP contribution is 2.16. The predicted octanol–water partition coefficient (Wildman–Crippen LogP) is 2.17. The highest BCUT2D eigenvalue weighted by molar-refractivity contribution is 5.55. The first-order chi connectivity index (χ1) is 6.24. The van der Waals surface area contributed by atoms with Gasteiger partial charge in [0.25, 0.3) is 0 Å². The Labute approximate surface area is 78.5 Å². The molecular formula is C11H13O2. The van der Waals surface area contributed by atoms with Gasteiger partial charge in [-0.1, -0.05) is 30.3 Å². The first-order valence-electron chi connectivity index (χ1n) is 4.23. The minimum atomic E-state index is -0.400. The maximum Gasteiger partial charge on any atom is 0.148 e. The van der Waals surface area contributed by atoms with Gasteiger partial charge in [0, 0.05) is 0 Å². The highest BCUT2D eigenvalue weighted by atomic mass is 16.5. The van der Waals surface area contributed by atoms with Gasteiger partial charge in [0.1, 0.15) is 12.4 Å². The van der Waals surface area contributed by atoms with Gasteiger partial charge in [-0.3, -0.25) is 0 Å². The van der Waals surface area contributed by atoms with E-state index in [4.69, 9.17) is 4.74 Å². The van der Waals surface area contributed by atoms with Gasteiger partial charge in [-0.25, -0.2) is 0 Å². The van der Waals surface area contributed by atoms with Crippen molar-refractivity contribution in [1.29, 1.82) is 0 Å². The Morgan fingerprint density at radius 2 is 2.00 bits per heavy atom. The summed E-state index contributed by atoms with van der Waals surface area (Å²) in [7, 11) is 0. The zero-order valence-electron chi connectivity index (χ0n) is 7.64. The number of rotatable bonds is 4. The minimum Gasteiger partial charge on any atom is -0.363 e. The van der Waals surface area contributed by atoms with Crippen LogP contribution in [0.2, 0.25) is 0 Å². The molecule has 1 radical (unpaired) electrons. The molecule has 1 unspecified atom stereocenters. The summed E-state index contributed by atoms with van der Waals surface area (Å²) in [5.41, 5.74) is 0.983. The van der Waals surface area contributed by atoms with Crippen molar-refractivity contribution < 1.29 is 9.53 Å². The average molecular weight is 177 g/mol. The zero-order valence-corrected chi connectivity index (χ0v) is 7.64. The van der Waals surface area contributed by atoms with E-state index < -0.39 is 6.10 Å². The Hall–Kier alpha value is -1.15. The Balaban J connectivity index is 2.58. The summed E-state index contributed by atoms with van der Waals surface area (Å²) in [5, 5.41) is 0. The second-order valence-corrected chi connectivity index (χ2v) is 2.88. The molecule has 0 aliphatic rings. The molecule has 0 saturated heterocycles. The second kappa shape index (κ2) is 4.77. The molecule has 0 fully saturated rings. The Kier molecular flexibility index (Phi) is 3.65. The van der Waals surface area contributed by atoms with E-state index >= 15 is 0 Å². The molecular weight excluding hydrogens is 164 g/mol. The normalized spacial score (nSPS) is 14.9. The van der Waals surface area contributed by atoms with Crippen LogP contribution >= 0.6 is 0 Å². The Morgan fingerprint density at radius 1 is 1.38 bits per heavy atom. The van der Waals surface area contributed by atoms with Crippen molar-refractivity contribution in [3.63, 3.8) is 0 Å². The number of hydrogen-bond acceptors (Lipinski definition) is 2. The monoisotopic (exact) mass is 177 g/mol. The summed E-state index contributed by atoms with van der Waals surface area (Å²) in [6, 6.07) is 9.62. The van der Waals surface area contributed by atoms with E-state index in [1.165, 1.54) is 0 Å². The number of benzene rings is 1. The summed E-state index contributed by atoms with van der Waals surface area (Å²) in [4.78, 5) is 10.3. The van der Waals surface area contributed by atoms with E-state index in [2.05, 4.69) is 6.92 Å². The molecule has 1 aromatic carbocycles. The van der Waals surface area contributed by atoms with E-state index in [9.17, 15) is 4.79 Å². The van der Waals surface area contributed by atoms with E-state index in [0.29, 0.717) is 0 Å². The third-order valence-electron chi connectivity index (χ3n) is 1.74. The van der Waals surface area contributed by atoms with Gasteiger partial charge < -0.3 is 9.53 Å². The maximum atomic E-state index is 10.3. The summed E-state index contributed by atoms with van der Waals surface area (Å²) in [5.74, 6) is 0. The van der Waals surface area contributed by atoms with Gasteiger partial charge in [-0.05, 0) is 19.4 Å². The zero-order chi connectivity index (χ0) is 9.68. The number of ether oxygens (including phenoxy) is 1. The SMILES string of the molecule is [CH2]C(O[C@@H](C)C=O)c1ccccc1. The molecule has 0 aliphatic heterocycles. The first kappa shape index (κ1) is 9.93. The van der Waals surface area contributed by atoms with Crippen molar-refractivity contribution in [2.45, 2.75) is 19.1 Å². The fourth-order valence-corrected chi connectivity index (χ4v) is 1.04. The van der Waals surface area contributed by atoms with Crippen LogP contribution in [0, 0.1) is 6.92 Å². The summed E-state index contributed by atoms with van der Waals surface area (Å²) < 4.78 is 5.31. The minimum absolute atomic E-state index is 0.276. The van der Waals surface area contributed by atoms with Gasteiger partial charge in [0.15, 0.2) is 0 Å². The molecule has 0 bridgehead atoms. The molecule has 2 nitrogen and oxygen atoms in total. The number of carbonyl (C=O) groups excluding carboxylic acids is 1. The fraction of sp³-hybridized carbons (Fsp3) is 0.273. The molecule has 0 N–H and O–H groups in total. The van der Waals surface area contributed by atoms with E-state index in [0.717, 1.165) is 11.8 Å². The molecule has 1 aromatic rings. The lowest BCUT2D eigenvalue weighted by Crippen LogP contribution is -2.12. The quantitative estimate of drug-likeness (QED) is 0.659. The number of aldehydes is 1. The number of carbonyl (C=O) groups is 1. The van der Waals surface area contributed by atoms with Crippen LogP contribution in [-0.4, -0.2) is 12.4 Å². The van der Waals surface area contributed by atoms with Crippen LogP contribution in [0.5, 0.6) is 0 Å². The standard InChI is InChI=1S/C11H13O2/c1-9(8-12)13-10(2)11-6-4-3-5-7-11/h3-10H,2H2,1H3/t9-,10?/m0/s1. The van der Waals surface area contributed by atoms with E-state index in [1.54, 1.807) is 6.92 Å². The van der Waals surface area contributed by atoms with Crippen LogP contribution in [0.3, 0.4) is 0 Å². The molecule has 69 valence electrons. The molecule has 0 aliphatic carbocycles.